The maximum atomic E-state index is 11.8. The topological polar surface area (TPSA) is 84.7 Å². The number of rotatable bonds is 6. The fourth-order valence-electron chi connectivity index (χ4n) is 4.06. The summed E-state index contributed by atoms with van der Waals surface area (Å²) in [6.45, 7) is 6.16. The van der Waals surface area contributed by atoms with Gasteiger partial charge in [0.15, 0.2) is 9.84 Å². The van der Waals surface area contributed by atoms with E-state index in [4.69, 9.17) is 4.74 Å². The number of benzene rings is 1. The number of nitrogens with zero attached hydrogens (tertiary/aromatic N) is 3. The minimum atomic E-state index is -3.24. The van der Waals surface area contributed by atoms with Crippen LogP contribution in [0.2, 0.25) is 0 Å². The summed E-state index contributed by atoms with van der Waals surface area (Å²) in [5, 5.41) is 10.8. The van der Waals surface area contributed by atoms with E-state index in [1.807, 2.05) is 42.8 Å². The van der Waals surface area contributed by atoms with E-state index in [1.54, 1.807) is 24.4 Å². The van der Waals surface area contributed by atoms with Crippen LogP contribution in [0.4, 0.5) is 0 Å². The molecule has 0 radical (unpaired) electrons. The molecule has 0 saturated carbocycles. The van der Waals surface area contributed by atoms with Crippen LogP contribution in [0.25, 0.3) is 16.7 Å². The van der Waals surface area contributed by atoms with E-state index in [-0.39, 0.29) is 6.10 Å². The molecule has 0 amide bonds. The molecular formula is C23H29N3O4S. The minimum absolute atomic E-state index is 0.146. The van der Waals surface area contributed by atoms with Crippen LogP contribution in [0.5, 0.6) is 5.75 Å². The molecule has 2 aromatic heterocycles. The average molecular weight is 444 g/mol. The van der Waals surface area contributed by atoms with Crippen molar-refractivity contribution in [3.8, 4) is 11.6 Å². The highest BCUT2D eigenvalue weighted by atomic mass is 32.2. The Morgan fingerprint density at radius 1 is 1.16 bits per heavy atom. The molecule has 0 atom stereocenters. The van der Waals surface area contributed by atoms with Crippen molar-refractivity contribution < 1.29 is 18.3 Å². The Balaban J connectivity index is 1.42. The van der Waals surface area contributed by atoms with Gasteiger partial charge in [-0.05, 0) is 63.1 Å². The predicted molar refractivity (Wildman–Crippen MR) is 121 cm³/mol. The Morgan fingerprint density at radius 3 is 2.52 bits per heavy atom. The van der Waals surface area contributed by atoms with Crippen LogP contribution in [0.15, 0.2) is 53.7 Å². The monoisotopic (exact) mass is 443 g/mol. The number of sulfone groups is 1. The van der Waals surface area contributed by atoms with Crippen LogP contribution in [0, 0.1) is 0 Å². The minimum Gasteiger partial charge on any atom is -0.489 e. The first-order chi connectivity index (χ1) is 14.6. The number of β-amino-alcohol motifs (C(OH)–C–C–N with tert-alkyl or cyclic N) is 1. The summed E-state index contributed by atoms with van der Waals surface area (Å²) in [7, 11) is -3.24. The van der Waals surface area contributed by atoms with Crippen molar-refractivity contribution in [2.75, 3.05) is 25.9 Å². The zero-order chi connectivity index (χ0) is 22.2. The van der Waals surface area contributed by atoms with E-state index < -0.39 is 15.4 Å². The molecule has 1 saturated heterocycles. The molecule has 0 aliphatic carbocycles. The molecule has 7 nitrogen and oxygen atoms in total. The van der Waals surface area contributed by atoms with Crippen molar-refractivity contribution in [2.24, 2.45) is 0 Å². The van der Waals surface area contributed by atoms with Gasteiger partial charge in [0.1, 0.15) is 17.7 Å². The van der Waals surface area contributed by atoms with Crippen LogP contribution in [0.3, 0.4) is 0 Å². The van der Waals surface area contributed by atoms with Gasteiger partial charge in [0.05, 0.1) is 22.2 Å². The van der Waals surface area contributed by atoms with Gasteiger partial charge >= 0.3 is 0 Å². The molecule has 1 aliphatic rings. The summed E-state index contributed by atoms with van der Waals surface area (Å²) in [5.74, 6) is 1.48. The summed E-state index contributed by atoms with van der Waals surface area (Å²) in [6.07, 6.45) is 6.81. The fourth-order valence-corrected chi connectivity index (χ4v) is 4.72. The Morgan fingerprint density at radius 2 is 1.90 bits per heavy atom. The summed E-state index contributed by atoms with van der Waals surface area (Å²) in [4.78, 5) is 7.13. The maximum Gasteiger partial charge on any atom is 0.175 e. The average Bonchev–Trinajstić information content (AvgIpc) is 3.12. The second-order valence-electron chi connectivity index (χ2n) is 8.94. The Labute approximate surface area is 183 Å². The highest BCUT2D eigenvalue weighted by Gasteiger charge is 2.25. The maximum absolute atomic E-state index is 11.8. The van der Waals surface area contributed by atoms with Gasteiger partial charge in [-0.2, -0.15) is 0 Å². The number of pyridine rings is 1. The number of fused-ring (bicyclic) bond motifs is 1. The van der Waals surface area contributed by atoms with Crippen molar-refractivity contribution >= 4 is 20.7 Å². The quantitative estimate of drug-likeness (QED) is 0.630. The normalized spacial score (nSPS) is 16.6. The van der Waals surface area contributed by atoms with Gasteiger partial charge in [-0.25, -0.2) is 13.4 Å². The van der Waals surface area contributed by atoms with E-state index >= 15 is 0 Å². The van der Waals surface area contributed by atoms with Crippen LogP contribution in [-0.2, 0) is 9.84 Å². The molecule has 3 heterocycles. The second kappa shape index (κ2) is 8.26. The van der Waals surface area contributed by atoms with Gasteiger partial charge in [0, 0.05) is 37.5 Å². The van der Waals surface area contributed by atoms with Crippen LogP contribution in [-0.4, -0.2) is 65.6 Å². The first-order valence-electron chi connectivity index (χ1n) is 10.5. The molecule has 1 fully saturated rings. The van der Waals surface area contributed by atoms with Gasteiger partial charge in [-0.1, -0.05) is 0 Å². The fraction of sp³-hybridized carbons (Fsp3) is 0.435. The van der Waals surface area contributed by atoms with Crippen molar-refractivity contribution in [3.05, 3.63) is 48.8 Å². The number of hydrogen-bond donors (Lipinski definition) is 1. The lowest BCUT2D eigenvalue weighted by Crippen LogP contribution is -2.45. The molecule has 0 unspecified atom stereocenters. The van der Waals surface area contributed by atoms with E-state index in [2.05, 4.69) is 9.88 Å². The number of piperidine rings is 1. The van der Waals surface area contributed by atoms with Gasteiger partial charge in [0.2, 0.25) is 0 Å². The molecule has 8 heteroatoms. The Bertz CT molecular complexity index is 1160. The number of likely N-dealkylation sites (tertiary alicyclic amines) is 1. The van der Waals surface area contributed by atoms with Gasteiger partial charge < -0.3 is 19.3 Å². The van der Waals surface area contributed by atoms with Crippen molar-refractivity contribution in [1.82, 2.24) is 14.5 Å². The third-order valence-corrected chi connectivity index (χ3v) is 6.62. The van der Waals surface area contributed by atoms with E-state index in [9.17, 15) is 13.5 Å². The van der Waals surface area contributed by atoms with Crippen molar-refractivity contribution in [3.63, 3.8) is 0 Å². The highest BCUT2D eigenvalue weighted by molar-refractivity contribution is 7.90. The Kier molecular flexibility index (Phi) is 5.81. The SMILES string of the molecule is CC(C)(O)CN1CCC(Oc2ccc(-n3ccc4cc(S(C)(=O)=O)ccc43)nc2)CC1. The molecule has 1 aromatic carbocycles. The molecule has 1 N–H and O–H groups in total. The number of hydrogen-bond acceptors (Lipinski definition) is 6. The van der Waals surface area contributed by atoms with Gasteiger partial charge in [-0.15, -0.1) is 0 Å². The molecule has 1 aliphatic heterocycles. The zero-order valence-electron chi connectivity index (χ0n) is 18.2. The van der Waals surface area contributed by atoms with E-state index in [0.29, 0.717) is 11.4 Å². The smallest absolute Gasteiger partial charge is 0.175 e. The summed E-state index contributed by atoms with van der Waals surface area (Å²) >= 11 is 0. The third-order valence-electron chi connectivity index (χ3n) is 5.51. The molecule has 31 heavy (non-hydrogen) atoms. The van der Waals surface area contributed by atoms with E-state index in [0.717, 1.165) is 48.4 Å². The predicted octanol–water partition coefficient (Wildman–Crippen LogP) is 3.04. The molecule has 3 aromatic rings. The van der Waals surface area contributed by atoms with Crippen LogP contribution >= 0.6 is 0 Å². The lowest BCUT2D eigenvalue weighted by Gasteiger charge is -2.35. The summed E-state index contributed by atoms with van der Waals surface area (Å²) < 4.78 is 31.6. The lowest BCUT2D eigenvalue weighted by molar-refractivity contribution is 0.0140. The first kappa shape index (κ1) is 21.8. The highest BCUT2D eigenvalue weighted by Crippen LogP contribution is 2.25. The first-order valence-corrected chi connectivity index (χ1v) is 12.4. The van der Waals surface area contributed by atoms with E-state index in [1.165, 1.54) is 6.26 Å². The van der Waals surface area contributed by atoms with Crippen molar-refractivity contribution in [2.45, 2.75) is 43.3 Å². The number of ether oxygens (including phenoxy) is 1. The van der Waals surface area contributed by atoms with Crippen molar-refractivity contribution in [1.29, 1.82) is 0 Å². The molecule has 0 spiro atoms. The van der Waals surface area contributed by atoms with Crippen LogP contribution in [0.1, 0.15) is 26.7 Å². The number of aliphatic hydroxyl groups is 1. The van der Waals surface area contributed by atoms with Gasteiger partial charge in [-0.3, -0.25) is 0 Å². The molecule has 0 bridgehead atoms. The second-order valence-corrected chi connectivity index (χ2v) is 11.0. The largest absolute Gasteiger partial charge is 0.489 e. The van der Waals surface area contributed by atoms with Crippen LogP contribution < -0.4 is 4.74 Å². The molecule has 4 rings (SSSR count). The standard InChI is InChI=1S/C23H29N3O4S/c1-23(2,27)16-25-11-9-18(10-12-25)30-19-4-7-22(24-15-19)26-13-8-17-14-20(31(3,28)29)5-6-21(17)26/h4-8,13-15,18,27H,9-12,16H2,1-3H3. The summed E-state index contributed by atoms with van der Waals surface area (Å²) in [5.41, 5.74) is 0.218. The molecule has 166 valence electrons. The lowest BCUT2D eigenvalue weighted by atomic mass is 10.0. The molecular weight excluding hydrogens is 414 g/mol. The Hall–Kier alpha value is -2.42. The third kappa shape index (κ3) is 5.26. The zero-order valence-corrected chi connectivity index (χ0v) is 19.0. The number of aromatic nitrogens is 2. The summed E-state index contributed by atoms with van der Waals surface area (Å²) in [6, 6.07) is 10.8. The van der Waals surface area contributed by atoms with Gasteiger partial charge in [0.25, 0.3) is 0 Å².